The second-order valence-electron chi connectivity index (χ2n) is 2.78. The minimum atomic E-state index is 0.782. The average molecular weight is 150 g/mol. The molecule has 0 amide bonds. The van der Waals surface area contributed by atoms with Gasteiger partial charge in [0.05, 0.1) is 11.9 Å². The lowest BCUT2D eigenvalue weighted by molar-refractivity contribution is 0.881. The third-order valence-corrected chi connectivity index (χ3v) is 1.71. The third kappa shape index (κ3) is 1.93. The van der Waals surface area contributed by atoms with Crippen molar-refractivity contribution in [2.24, 2.45) is 0 Å². The van der Waals surface area contributed by atoms with E-state index in [1.54, 1.807) is 6.20 Å². The maximum atomic E-state index is 5.62. The summed E-state index contributed by atoms with van der Waals surface area (Å²) in [6.07, 6.45) is 3.91. The molecule has 0 atom stereocenters. The number of hydrogen-bond acceptors (Lipinski definition) is 2. The Kier molecular flexibility index (Phi) is 2.47. The molecule has 1 aromatic heterocycles. The van der Waals surface area contributed by atoms with E-state index in [1.807, 2.05) is 6.92 Å². The summed E-state index contributed by atoms with van der Waals surface area (Å²) in [6, 6.07) is 2.05. The van der Waals surface area contributed by atoms with E-state index in [0.717, 1.165) is 29.8 Å². The van der Waals surface area contributed by atoms with E-state index >= 15 is 0 Å². The molecule has 2 N–H and O–H groups in total. The lowest BCUT2D eigenvalue weighted by Gasteiger charge is -2.01. The first-order valence-corrected chi connectivity index (χ1v) is 3.95. The van der Waals surface area contributed by atoms with Crippen LogP contribution in [0.2, 0.25) is 0 Å². The average Bonchev–Trinajstić information content (AvgIpc) is 1.98. The predicted octanol–water partition coefficient (Wildman–Crippen LogP) is 1.92. The molecule has 0 fully saturated rings. The van der Waals surface area contributed by atoms with Crippen LogP contribution < -0.4 is 5.73 Å². The lowest BCUT2D eigenvalue weighted by atomic mass is 10.1. The summed E-state index contributed by atoms with van der Waals surface area (Å²) >= 11 is 0. The van der Waals surface area contributed by atoms with Gasteiger partial charge < -0.3 is 5.73 Å². The van der Waals surface area contributed by atoms with Crippen LogP contribution in [0.5, 0.6) is 0 Å². The van der Waals surface area contributed by atoms with Crippen molar-refractivity contribution in [3.63, 3.8) is 0 Å². The molecule has 0 bridgehead atoms. The smallest absolute Gasteiger partial charge is 0.0530 e. The van der Waals surface area contributed by atoms with E-state index in [-0.39, 0.29) is 0 Å². The van der Waals surface area contributed by atoms with Crippen molar-refractivity contribution in [2.45, 2.75) is 26.7 Å². The zero-order valence-electron chi connectivity index (χ0n) is 7.09. The number of rotatable bonds is 2. The quantitative estimate of drug-likeness (QED) is 0.699. The molecule has 0 saturated carbocycles. The van der Waals surface area contributed by atoms with Gasteiger partial charge in [-0.05, 0) is 25.0 Å². The fourth-order valence-corrected chi connectivity index (χ4v) is 1.02. The Hall–Kier alpha value is -1.05. The third-order valence-electron chi connectivity index (χ3n) is 1.71. The Balaban J connectivity index is 2.86. The molecule has 0 aliphatic carbocycles. The number of nitrogens with zero attached hydrogens (tertiary/aromatic N) is 1. The van der Waals surface area contributed by atoms with Crippen molar-refractivity contribution < 1.29 is 0 Å². The van der Waals surface area contributed by atoms with Crippen LogP contribution in [0.4, 0.5) is 5.69 Å². The predicted molar refractivity (Wildman–Crippen MR) is 47.4 cm³/mol. The number of anilines is 1. The largest absolute Gasteiger partial charge is 0.397 e. The SMILES string of the molecule is CCCc1cc(C)c(N)cn1. The van der Waals surface area contributed by atoms with Crippen molar-refractivity contribution in [1.82, 2.24) is 4.98 Å². The first kappa shape index (κ1) is 8.05. The highest BCUT2D eigenvalue weighted by Crippen LogP contribution is 2.10. The van der Waals surface area contributed by atoms with Crippen LogP contribution in [0.1, 0.15) is 24.6 Å². The molecule has 0 aromatic carbocycles. The van der Waals surface area contributed by atoms with Crippen molar-refractivity contribution >= 4 is 5.69 Å². The number of nitrogens with two attached hydrogens (primary N) is 1. The number of nitrogen functional groups attached to an aromatic ring is 1. The van der Waals surface area contributed by atoms with Gasteiger partial charge in [0.1, 0.15) is 0 Å². The molecule has 0 unspecified atom stereocenters. The first-order valence-electron chi connectivity index (χ1n) is 3.95. The molecule has 0 aliphatic rings. The Morgan fingerprint density at radius 2 is 2.27 bits per heavy atom. The van der Waals surface area contributed by atoms with Gasteiger partial charge in [-0.2, -0.15) is 0 Å². The molecule has 2 nitrogen and oxygen atoms in total. The fourth-order valence-electron chi connectivity index (χ4n) is 1.02. The van der Waals surface area contributed by atoms with Gasteiger partial charge in [0.15, 0.2) is 0 Å². The molecule has 1 aromatic rings. The second-order valence-corrected chi connectivity index (χ2v) is 2.78. The summed E-state index contributed by atoms with van der Waals surface area (Å²) in [5, 5.41) is 0. The summed E-state index contributed by atoms with van der Waals surface area (Å²) in [7, 11) is 0. The topological polar surface area (TPSA) is 38.9 Å². The van der Waals surface area contributed by atoms with Gasteiger partial charge in [0.2, 0.25) is 0 Å². The molecule has 11 heavy (non-hydrogen) atoms. The summed E-state index contributed by atoms with van der Waals surface area (Å²) in [5.74, 6) is 0. The minimum Gasteiger partial charge on any atom is -0.397 e. The summed E-state index contributed by atoms with van der Waals surface area (Å²) in [6.45, 7) is 4.16. The molecule has 0 aliphatic heterocycles. The maximum absolute atomic E-state index is 5.62. The second kappa shape index (κ2) is 3.37. The van der Waals surface area contributed by atoms with Crippen LogP contribution >= 0.6 is 0 Å². The Morgan fingerprint density at radius 1 is 1.55 bits per heavy atom. The van der Waals surface area contributed by atoms with Crippen molar-refractivity contribution in [2.75, 3.05) is 5.73 Å². The van der Waals surface area contributed by atoms with Gasteiger partial charge in [-0.15, -0.1) is 0 Å². The van der Waals surface area contributed by atoms with Gasteiger partial charge in [0.25, 0.3) is 0 Å². The van der Waals surface area contributed by atoms with E-state index in [0.29, 0.717) is 0 Å². The Bertz CT molecular complexity index is 243. The Morgan fingerprint density at radius 3 is 2.82 bits per heavy atom. The number of aromatic nitrogens is 1. The fraction of sp³-hybridized carbons (Fsp3) is 0.444. The normalized spacial score (nSPS) is 10.0. The highest BCUT2D eigenvalue weighted by Gasteiger charge is 1.95. The van der Waals surface area contributed by atoms with Gasteiger partial charge in [-0.25, -0.2) is 0 Å². The summed E-state index contributed by atoms with van der Waals surface area (Å²) < 4.78 is 0. The van der Waals surface area contributed by atoms with Crippen LogP contribution in [0.3, 0.4) is 0 Å². The lowest BCUT2D eigenvalue weighted by Crippen LogP contribution is -1.95. The molecule has 0 spiro atoms. The highest BCUT2D eigenvalue weighted by atomic mass is 14.7. The molecule has 1 heterocycles. The van der Waals surface area contributed by atoms with Gasteiger partial charge in [0, 0.05) is 5.69 Å². The van der Waals surface area contributed by atoms with Crippen molar-refractivity contribution in [3.05, 3.63) is 23.5 Å². The highest BCUT2D eigenvalue weighted by molar-refractivity contribution is 5.44. The molecule has 60 valence electrons. The first-order chi connectivity index (χ1) is 5.24. The van der Waals surface area contributed by atoms with Crippen molar-refractivity contribution in [1.29, 1.82) is 0 Å². The Labute approximate surface area is 67.5 Å². The minimum absolute atomic E-state index is 0.782. The molecule has 2 heteroatoms. The molecule has 0 saturated heterocycles. The summed E-state index contributed by atoms with van der Waals surface area (Å²) in [4.78, 5) is 4.20. The monoisotopic (exact) mass is 150 g/mol. The van der Waals surface area contributed by atoms with Gasteiger partial charge in [-0.1, -0.05) is 13.3 Å². The van der Waals surface area contributed by atoms with Crippen LogP contribution in [0.25, 0.3) is 0 Å². The molecule has 0 radical (unpaired) electrons. The van der Waals surface area contributed by atoms with E-state index in [2.05, 4.69) is 18.0 Å². The van der Waals surface area contributed by atoms with Gasteiger partial charge in [-0.3, -0.25) is 4.98 Å². The van der Waals surface area contributed by atoms with E-state index < -0.39 is 0 Å². The standard InChI is InChI=1S/C9H14N2/c1-3-4-8-5-7(2)9(10)6-11-8/h5-6H,3-4,10H2,1-2H3. The molecule has 1 rings (SSSR count). The van der Waals surface area contributed by atoms with Crippen LogP contribution in [-0.2, 0) is 6.42 Å². The van der Waals surface area contributed by atoms with E-state index in [9.17, 15) is 0 Å². The number of hydrogen-bond donors (Lipinski definition) is 1. The summed E-state index contributed by atoms with van der Waals surface area (Å²) in [5.41, 5.74) is 8.67. The van der Waals surface area contributed by atoms with E-state index in [4.69, 9.17) is 5.73 Å². The number of pyridine rings is 1. The van der Waals surface area contributed by atoms with Crippen LogP contribution in [0, 0.1) is 6.92 Å². The van der Waals surface area contributed by atoms with Crippen molar-refractivity contribution in [3.8, 4) is 0 Å². The zero-order chi connectivity index (χ0) is 8.27. The zero-order valence-corrected chi connectivity index (χ0v) is 7.09. The number of aryl methyl sites for hydroxylation is 2. The van der Waals surface area contributed by atoms with Gasteiger partial charge >= 0.3 is 0 Å². The van der Waals surface area contributed by atoms with Crippen LogP contribution in [0.15, 0.2) is 12.3 Å². The molecular formula is C9H14N2. The van der Waals surface area contributed by atoms with E-state index in [1.165, 1.54) is 0 Å². The van der Waals surface area contributed by atoms with Crippen LogP contribution in [-0.4, -0.2) is 4.98 Å². The maximum Gasteiger partial charge on any atom is 0.0530 e. The molecular weight excluding hydrogens is 136 g/mol.